The maximum Gasteiger partial charge on any atom is 0.208 e. The van der Waals surface area contributed by atoms with Crippen molar-refractivity contribution in [2.75, 3.05) is 4.90 Å². The molecule has 0 N–H and O–H groups in total. The van der Waals surface area contributed by atoms with E-state index in [1.165, 1.54) is 0 Å². The maximum absolute atomic E-state index is 13.5. The fraction of sp³-hybridized carbons (Fsp3) is 0. The molecule has 3 nitrogen and oxygen atoms in total. The number of sulfone groups is 1. The molecule has 0 aromatic heterocycles. The summed E-state index contributed by atoms with van der Waals surface area (Å²) >= 11 is 3.58. The highest BCUT2D eigenvalue weighted by molar-refractivity contribution is 9.15. The summed E-state index contributed by atoms with van der Waals surface area (Å²) in [6, 6.07) is 52.5. The van der Waals surface area contributed by atoms with Gasteiger partial charge in [-0.15, -0.1) is 0 Å². The van der Waals surface area contributed by atoms with Crippen molar-refractivity contribution < 1.29 is 8.42 Å². The zero-order chi connectivity index (χ0) is 29.4. The zero-order valence-electron chi connectivity index (χ0n) is 23.1. The number of rotatable bonds is 6. The van der Waals surface area contributed by atoms with Crippen LogP contribution in [0, 0.1) is 0 Å². The molecule has 0 bridgehead atoms. The quantitative estimate of drug-likeness (QED) is 0.182. The second kappa shape index (κ2) is 11.2. The van der Waals surface area contributed by atoms with Gasteiger partial charge in [-0.2, -0.15) is 0 Å². The van der Waals surface area contributed by atoms with E-state index >= 15 is 0 Å². The number of fused-ring (bicyclic) bond motifs is 1. The molecule has 5 heteroatoms. The molecular weight excluding hydrogens is 614 g/mol. The predicted octanol–water partition coefficient (Wildman–Crippen LogP) is 10.5. The predicted molar refractivity (Wildman–Crippen MR) is 181 cm³/mol. The third-order valence-corrected chi connectivity index (χ3v) is 10.7. The third kappa shape index (κ3) is 5.01. The summed E-state index contributed by atoms with van der Waals surface area (Å²) in [5, 5.41) is 0. The van der Waals surface area contributed by atoms with Gasteiger partial charge in [-0.3, -0.25) is 0 Å². The zero-order valence-corrected chi connectivity index (χ0v) is 25.5. The minimum Gasteiger partial charge on any atom is -0.311 e. The Kier molecular flexibility index (Phi) is 7.05. The summed E-state index contributed by atoms with van der Waals surface area (Å²) in [6.45, 7) is 0. The Balaban J connectivity index is 1.29. The fourth-order valence-corrected chi connectivity index (χ4v) is 8.67. The van der Waals surface area contributed by atoms with Crippen molar-refractivity contribution in [3.63, 3.8) is 0 Å². The van der Waals surface area contributed by atoms with Crippen molar-refractivity contribution in [1.82, 2.24) is 0 Å². The highest BCUT2D eigenvalue weighted by Gasteiger charge is 2.35. The van der Waals surface area contributed by atoms with Crippen molar-refractivity contribution in [3.05, 3.63) is 169 Å². The largest absolute Gasteiger partial charge is 0.311 e. The van der Waals surface area contributed by atoms with Crippen LogP contribution in [0.5, 0.6) is 0 Å². The summed E-state index contributed by atoms with van der Waals surface area (Å²) in [5.74, 6) is 0. The first-order valence-corrected chi connectivity index (χ1v) is 16.2. The van der Waals surface area contributed by atoms with Gasteiger partial charge < -0.3 is 4.90 Å². The molecule has 43 heavy (non-hydrogen) atoms. The lowest BCUT2D eigenvalue weighted by atomic mass is 10.0. The Labute approximate surface area is 260 Å². The van der Waals surface area contributed by atoms with E-state index in [0.29, 0.717) is 25.4 Å². The minimum atomic E-state index is -3.63. The third-order valence-electron chi connectivity index (χ3n) is 7.73. The van der Waals surface area contributed by atoms with E-state index in [2.05, 4.69) is 93.6 Å². The summed E-state index contributed by atoms with van der Waals surface area (Å²) in [4.78, 5) is 2.82. The smallest absolute Gasteiger partial charge is 0.208 e. The first-order valence-electron chi connectivity index (χ1n) is 14.0. The molecule has 1 aliphatic rings. The van der Waals surface area contributed by atoms with Crippen LogP contribution >= 0.6 is 15.9 Å². The van der Waals surface area contributed by atoms with Gasteiger partial charge in [0.15, 0.2) is 0 Å². The number of nitrogens with zero attached hydrogens (tertiary/aromatic N) is 1. The minimum absolute atomic E-state index is 0.297. The van der Waals surface area contributed by atoms with Crippen LogP contribution in [0.3, 0.4) is 0 Å². The Bertz CT molecular complexity index is 1970. The normalized spacial score (nSPS) is 13.5. The Morgan fingerprint density at radius 2 is 0.791 bits per heavy atom. The van der Waals surface area contributed by atoms with Gasteiger partial charge in [0.1, 0.15) is 0 Å². The molecule has 208 valence electrons. The molecule has 6 aromatic rings. The van der Waals surface area contributed by atoms with Crippen LogP contribution in [-0.2, 0) is 9.84 Å². The molecule has 0 unspecified atom stereocenters. The summed E-state index contributed by atoms with van der Waals surface area (Å²) < 4.78 is 27.5. The summed E-state index contributed by atoms with van der Waals surface area (Å²) in [6.07, 6.45) is 0. The molecule has 0 saturated carbocycles. The fourth-order valence-electron chi connectivity index (χ4n) is 5.59. The molecule has 0 aliphatic carbocycles. The van der Waals surface area contributed by atoms with Crippen LogP contribution in [-0.4, -0.2) is 8.42 Å². The molecule has 7 rings (SSSR count). The summed E-state index contributed by atoms with van der Waals surface area (Å²) in [5.41, 5.74) is 8.87. The van der Waals surface area contributed by atoms with E-state index in [4.69, 9.17) is 0 Å². The van der Waals surface area contributed by atoms with Crippen molar-refractivity contribution in [1.29, 1.82) is 0 Å². The maximum atomic E-state index is 13.5. The van der Waals surface area contributed by atoms with E-state index < -0.39 is 9.84 Å². The van der Waals surface area contributed by atoms with Crippen molar-refractivity contribution in [3.8, 4) is 22.3 Å². The number of halogens is 1. The first kappa shape index (κ1) is 27.1. The molecule has 0 saturated heterocycles. The average molecular weight is 641 g/mol. The number of hydrogen-bond acceptors (Lipinski definition) is 3. The monoisotopic (exact) mass is 639 g/mol. The van der Waals surface area contributed by atoms with E-state index in [9.17, 15) is 8.42 Å². The van der Waals surface area contributed by atoms with E-state index in [-0.39, 0.29) is 0 Å². The van der Waals surface area contributed by atoms with Crippen molar-refractivity contribution in [2.24, 2.45) is 0 Å². The van der Waals surface area contributed by atoms with E-state index in [1.54, 1.807) is 12.1 Å². The SMILES string of the molecule is O=S1(=O)C(c2ccc(N(c3ccc(-c4ccccc4)cc3)c3ccc(-c4ccccc4)cc3)cc2)=C(Br)c2ccccc21. The number of benzene rings is 6. The van der Waals surface area contributed by atoms with Gasteiger partial charge in [0.2, 0.25) is 9.84 Å². The Morgan fingerprint density at radius 3 is 1.23 bits per heavy atom. The van der Waals surface area contributed by atoms with Gasteiger partial charge in [-0.1, -0.05) is 115 Å². The standard InChI is InChI=1S/C38H26BrNO2S/c39-37-35-13-7-8-14-36(35)43(41,42)38(37)31-19-25-34(26-20-31)40(32-21-15-29(16-22-32)27-9-3-1-4-10-27)33-23-17-30(18-24-33)28-11-5-2-6-12-28/h1-26H. The molecule has 0 spiro atoms. The van der Waals surface area contributed by atoms with Crippen LogP contribution in [0.2, 0.25) is 0 Å². The molecule has 1 aliphatic heterocycles. The van der Waals surface area contributed by atoms with Crippen LogP contribution in [0.4, 0.5) is 17.1 Å². The van der Waals surface area contributed by atoms with Crippen LogP contribution < -0.4 is 4.90 Å². The van der Waals surface area contributed by atoms with Gasteiger partial charge >= 0.3 is 0 Å². The van der Waals surface area contributed by atoms with Crippen molar-refractivity contribution >= 4 is 52.2 Å². The molecule has 0 fully saturated rings. The van der Waals surface area contributed by atoms with Crippen LogP contribution in [0.1, 0.15) is 11.1 Å². The lowest BCUT2D eigenvalue weighted by Gasteiger charge is -2.26. The molecule has 0 amide bonds. The topological polar surface area (TPSA) is 37.4 Å². The summed E-state index contributed by atoms with van der Waals surface area (Å²) in [7, 11) is -3.63. The molecule has 0 radical (unpaired) electrons. The second-order valence-corrected chi connectivity index (χ2v) is 13.0. The van der Waals surface area contributed by atoms with Gasteiger partial charge in [0.05, 0.1) is 9.80 Å². The van der Waals surface area contributed by atoms with Gasteiger partial charge in [-0.25, -0.2) is 8.42 Å². The Hall–Kier alpha value is -4.71. The highest BCUT2D eigenvalue weighted by Crippen LogP contribution is 2.47. The molecule has 0 atom stereocenters. The lowest BCUT2D eigenvalue weighted by Crippen LogP contribution is -2.10. The van der Waals surface area contributed by atoms with Crippen molar-refractivity contribution in [2.45, 2.75) is 4.90 Å². The van der Waals surface area contributed by atoms with Gasteiger partial charge in [0.25, 0.3) is 0 Å². The van der Waals surface area contributed by atoms with E-state index in [1.807, 2.05) is 72.8 Å². The van der Waals surface area contributed by atoms with Gasteiger partial charge in [-0.05, 0) is 86.2 Å². The molecular formula is C38H26BrNO2S. The Morgan fingerprint density at radius 1 is 0.419 bits per heavy atom. The van der Waals surface area contributed by atoms with Crippen LogP contribution in [0.15, 0.2) is 163 Å². The first-order chi connectivity index (χ1) is 21.0. The van der Waals surface area contributed by atoms with Gasteiger partial charge in [0, 0.05) is 27.1 Å². The lowest BCUT2D eigenvalue weighted by molar-refractivity contribution is 0.606. The second-order valence-electron chi connectivity index (χ2n) is 10.4. The highest BCUT2D eigenvalue weighted by atomic mass is 79.9. The number of anilines is 3. The average Bonchev–Trinajstić information content (AvgIpc) is 3.27. The molecule has 6 aromatic carbocycles. The van der Waals surface area contributed by atoms with Crippen LogP contribution in [0.25, 0.3) is 31.6 Å². The molecule has 1 heterocycles. The van der Waals surface area contributed by atoms with E-state index in [0.717, 1.165) is 39.3 Å². The number of hydrogen-bond donors (Lipinski definition) is 0.